The second-order valence-corrected chi connectivity index (χ2v) is 5.66. The molecular weight excluding hydrogens is 319 g/mol. The number of amides is 1. The van der Waals surface area contributed by atoms with Crippen molar-refractivity contribution in [3.8, 4) is 0 Å². The Bertz CT molecular complexity index is 694. The lowest BCUT2D eigenvalue weighted by atomic mass is 10.1. The molecule has 1 heterocycles. The zero-order valence-corrected chi connectivity index (χ0v) is 13.8. The zero-order valence-electron chi connectivity index (χ0n) is 13.0. The number of hydrogen-bond acceptors (Lipinski definition) is 4. The Morgan fingerprint density at radius 1 is 1.35 bits per heavy atom. The molecule has 7 heteroatoms. The molecule has 1 aromatic carbocycles. The van der Waals surface area contributed by atoms with E-state index in [-0.39, 0.29) is 23.9 Å². The van der Waals surface area contributed by atoms with Crippen molar-refractivity contribution >= 4 is 23.3 Å². The van der Waals surface area contributed by atoms with Crippen LogP contribution in [0, 0.1) is 5.82 Å². The Morgan fingerprint density at radius 2 is 2.13 bits per heavy atom. The minimum atomic E-state index is -0.460. The minimum absolute atomic E-state index is 0.0665. The van der Waals surface area contributed by atoms with Crippen LogP contribution in [0.1, 0.15) is 17.8 Å². The van der Waals surface area contributed by atoms with E-state index in [0.717, 1.165) is 11.4 Å². The number of aromatic nitrogens is 2. The molecule has 1 amide bonds. The van der Waals surface area contributed by atoms with Crippen LogP contribution in [0.25, 0.3) is 0 Å². The largest absolute Gasteiger partial charge is 0.363 e. The standard InChI is InChI=1S/C16H18ClFN4O/c1-22(2)15-7-8-19-14(21-15)10-20-16(23)6-4-11-3-5-13(18)12(17)9-11/h3,5,7-9H,4,6,10H2,1-2H3,(H,20,23). The van der Waals surface area contributed by atoms with Crippen LogP contribution in [-0.2, 0) is 17.8 Å². The van der Waals surface area contributed by atoms with Crippen LogP contribution in [0.15, 0.2) is 30.5 Å². The van der Waals surface area contributed by atoms with Gasteiger partial charge in [-0.1, -0.05) is 17.7 Å². The van der Waals surface area contributed by atoms with Crippen molar-refractivity contribution in [1.29, 1.82) is 0 Å². The van der Waals surface area contributed by atoms with Crippen molar-refractivity contribution in [3.05, 3.63) is 52.7 Å². The lowest BCUT2D eigenvalue weighted by molar-refractivity contribution is -0.121. The molecule has 0 aliphatic rings. The topological polar surface area (TPSA) is 58.1 Å². The maximum atomic E-state index is 13.1. The zero-order chi connectivity index (χ0) is 16.8. The number of rotatable bonds is 6. The van der Waals surface area contributed by atoms with Crippen molar-refractivity contribution in [2.24, 2.45) is 0 Å². The molecule has 2 rings (SSSR count). The molecule has 23 heavy (non-hydrogen) atoms. The summed E-state index contributed by atoms with van der Waals surface area (Å²) in [5.74, 6) is 0.752. The lowest BCUT2D eigenvalue weighted by Gasteiger charge is -2.11. The highest BCUT2D eigenvalue weighted by Crippen LogP contribution is 2.17. The van der Waals surface area contributed by atoms with E-state index in [1.807, 2.05) is 19.0 Å². The predicted molar refractivity (Wildman–Crippen MR) is 87.9 cm³/mol. The van der Waals surface area contributed by atoms with E-state index in [4.69, 9.17) is 11.6 Å². The summed E-state index contributed by atoms with van der Waals surface area (Å²) in [5.41, 5.74) is 0.817. The van der Waals surface area contributed by atoms with Gasteiger partial charge in [0.15, 0.2) is 0 Å². The number of nitrogens with one attached hydrogen (secondary N) is 1. The number of nitrogens with zero attached hydrogens (tertiary/aromatic N) is 3. The lowest BCUT2D eigenvalue weighted by Crippen LogP contribution is -2.24. The van der Waals surface area contributed by atoms with Crippen molar-refractivity contribution in [2.75, 3.05) is 19.0 Å². The molecule has 0 radical (unpaired) electrons. The molecule has 0 bridgehead atoms. The maximum Gasteiger partial charge on any atom is 0.220 e. The number of carbonyl (C=O) groups is 1. The van der Waals surface area contributed by atoms with Gasteiger partial charge in [0, 0.05) is 26.7 Å². The molecule has 1 aromatic heterocycles. The van der Waals surface area contributed by atoms with E-state index in [1.54, 1.807) is 18.3 Å². The van der Waals surface area contributed by atoms with Gasteiger partial charge in [0.2, 0.25) is 5.91 Å². The number of benzene rings is 1. The van der Waals surface area contributed by atoms with Crippen molar-refractivity contribution in [3.63, 3.8) is 0 Å². The average molecular weight is 337 g/mol. The van der Waals surface area contributed by atoms with E-state index in [1.165, 1.54) is 12.1 Å². The highest BCUT2D eigenvalue weighted by atomic mass is 35.5. The quantitative estimate of drug-likeness (QED) is 0.881. The Hall–Kier alpha value is -2.21. The molecule has 122 valence electrons. The molecule has 0 saturated heterocycles. The summed E-state index contributed by atoms with van der Waals surface area (Å²) in [6.45, 7) is 0.269. The molecule has 0 aliphatic heterocycles. The third-order valence-corrected chi connectivity index (χ3v) is 3.51. The second kappa shape index (κ2) is 7.87. The van der Waals surface area contributed by atoms with E-state index in [9.17, 15) is 9.18 Å². The molecule has 0 atom stereocenters. The third-order valence-electron chi connectivity index (χ3n) is 3.22. The van der Waals surface area contributed by atoms with Gasteiger partial charge in [-0.15, -0.1) is 0 Å². The second-order valence-electron chi connectivity index (χ2n) is 5.25. The average Bonchev–Trinajstić information content (AvgIpc) is 2.54. The van der Waals surface area contributed by atoms with E-state index in [2.05, 4.69) is 15.3 Å². The van der Waals surface area contributed by atoms with Gasteiger partial charge in [-0.3, -0.25) is 4.79 Å². The summed E-state index contributed by atoms with van der Waals surface area (Å²) in [6, 6.07) is 6.26. The summed E-state index contributed by atoms with van der Waals surface area (Å²) >= 11 is 5.71. The van der Waals surface area contributed by atoms with Gasteiger partial charge >= 0.3 is 0 Å². The third kappa shape index (κ3) is 5.17. The molecule has 0 spiro atoms. The highest BCUT2D eigenvalue weighted by molar-refractivity contribution is 6.30. The van der Waals surface area contributed by atoms with E-state index < -0.39 is 5.82 Å². The minimum Gasteiger partial charge on any atom is -0.363 e. The number of hydrogen-bond donors (Lipinski definition) is 1. The summed E-state index contributed by atoms with van der Waals surface area (Å²) in [4.78, 5) is 22.2. The molecule has 2 aromatic rings. The number of halogens is 2. The molecule has 0 fully saturated rings. The van der Waals surface area contributed by atoms with Gasteiger partial charge in [0.1, 0.15) is 17.5 Å². The maximum absolute atomic E-state index is 13.1. The van der Waals surface area contributed by atoms with Crippen LogP contribution >= 0.6 is 11.6 Å². The summed E-state index contributed by atoms with van der Waals surface area (Å²) in [6.07, 6.45) is 2.43. The molecule has 1 N–H and O–H groups in total. The van der Waals surface area contributed by atoms with Gasteiger partial charge in [-0.25, -0.2) is 14.4 Å². The van der Waals surface area contributed by atoms with Crippen LogP contribution in [-0.4, -0.2) is 30.0 Å². The number of aryl methyl sites for hydroxylation is 1. The smallest absolute Gasteiger partial charge is 0.220 e. The number of carbonyl (C=O) groups excluding carboxylic acids is 1. The van der Waals surface area contributed by atoms with Gasteiger partial charge in [0.25, 0.3) is 0 Å². The first-order chi connectivity index (χ1) is 11.0. The predicted octanol–water partition coefficient (Wildman–Crippen LogP) is 2.58. The summed E-state index contributed by atoms with van der Waals surface area (Å²) in [7, 11) is 3.77. The van der Waals surface area contributed by atoms with E-state index in [0.29, 0.717) is 12.2 Å². The van der Waals surface area contributed by atoms with Crippen molar-refractivity contribution < 1.29 is 9.18 Å². The van der Waals surface area contributed by atoms with Crippen molar-refractivity contribution in [2.45, 2.75) is 19.4 Å². The van der Waals surface area contributed by atoms with Crippen LogP contribution < -0.4 is 10.2 Å². The number of anilines is 1. The molecule has 5 nitrogen and oxygen atoms in total. The van der Waals surface area contributed by atoms with Gasteiger partial charge in [-0.2, -0.15) is 0 Å². The summed E-state index contributed by atoms with van der Waals surface area (Å²) in [5, 5.41) is 2.84. The normalized spacial score (nSPS) is 10.4. The van der Waals surface area contributed by atoms with Crippen LogP contribution in [0.2, 0.25) is 5.02 Å². The van der Waals surface area contributed by atoms with Crippen LogP contribution in [0.4, 0.5) is 10.2 Å². The van der Waals surface area contributed by atoms with E-state index >= 15 is 0 Å². The highest BCUT2D eigenvalue weighted by Gasteiger charge is 2.07. The summed E-state index contributed by atoms with van der Waals surface area (Å²) < 4.78 is 13.1. The van der Waals surface area contributed by atoms with Crippen LogP contribution in [0.5, 0.6) is 0 Å². The SMILES string of the molecule is CN(C)c1ccnc(CNC(=O)CCc2ccc(F)c(Cl)c2)n1. The Labute approximate surface area is 139 Å². The Morgan fingerprint density at radius 3 is 2.83 bits per heavy atom. The molecule has 0 unspecified atom stereocenters. The first-order valence-electron chi connectivity index (χ1n) is 7.15. The Balaban J connectivity index is 1.83. The van der Waals surface area contributed by atoms with Crippen molar-refractivity contribution in [1.82, 2.24) is 15.3 Å². The fourth-order valence-electron chi connectivity index (χ4n) is 1.94. The monoisotopic (exact) mass is 336 g/mol. The molecule has 0 aliphatic carbocycles. The van der Waals surface area contributed by atoms with Gasteiger partial charge < -0.3 is 10.2 Å². The van der Waals surface area contributed by atoms with Gasteiger partial charge in [-0.05, 0) is 30.2 Å². The fraction of sp³-hybridized carbons (Fsp3) is 0.312. The molecule has 0 saturated carbocycles. The van der Waals surface area contributed by atoms with Gasteiger partial charge in [0.05, 0.1) is 11.6 Å². The van der Waals surface area contributed by atoms with Crippen LogP contribution in [0.3, 0.4) is 0 Å². The first-order valence-corrected chi connectivity index (χ1v) is 7.53. The Kier molecular flexibility index (Phi) is 5.87. The first kappa shape index (κ1) is 17.1. The molecular formula is C16H18ClFN4O. The fourth-order valence-corrected chi connectivity index (χ4v) is 2.14.